The fourth-order valence-electron chi connectivity index (χ4n) is 3.40. The summed E-state index contributed by atoms with van der Waals surface area (Å²) in [6.07, 6.45) is 8.02. The molecule has 1 aliphatic heterocycles. The zero-order valence-corrected chi connectivity index (χ0v) is 14.2. The average Bonchev–Trinajstić information content (AvgIpc) is 3.32. The number of nitrogens with zero attached hydrogens (tertiary/aromatic N) is 4. The zero-order chi connectivity index (χ0) is 17.2. The highest BCUT2D eigenvalue weighted by molar-refractivity contribution is 5.55. The van der Waals surface area contributed by atoms with Crippen molar-refractivity contribution in [2.45, 2.75) is 38.9 Å². The molecule has 1 saturated heterocycles. The monoisotopic (exact) mass is 340 g/mol. The van der Waals surface area contributed by atoms with E-state index in [0.717, 1.165) is 25.1 Å². The summed E-state index contributed by atoms with van der Waals surface area (Å²) in [6.45, 7) is 4.67. The Labute approximate surface area is 146 Å². The van der Waals surface area contributed by atoms with Crippen LogP contribution in [0.1, 0.15) is 24.3 Å². The lowest BCUT2D eigenvalue weighted by Gasteiger charge is -2.22. The molecule has 0 unspecified atom stereocenters. The van der Waals surface area contributed by atoms with Crippen molar-refractivity contribution in [3.05, 3.63) is 60.1 Å². The van der Waals surface area contributed by atoms with E-state index >= 15 is 0 Å². The van der Waals surface area contributed by atoms with Gasteiger partial charge in [-0.3, -0.25) is 9.58 Å². The molecule has 1 fully saturated rings. The molecule has 0 radical (unpaired) electrons. The molecule has 0 spiro atoms. The Kier molecular flexibility index (Phi) is 4.36. The molecule has 0 aliphatic carbocycles. The van der Waals surface area contributed by atoms with Crippen LogP contribution in [0.15, 0.2) is 47.3 Å². The molecule has 25 heavy (non-hydrogen) atoms. The molecule has 0 saturated carbocycles. The van der Waals surface area contributed by atoms with Gasteiger partial charge in [-0.1, -0.05) is 0 Å². The molecule has 2 aromatic heterocycles. The first-order valence-corrected chi connectivity index (χ1v) is 8.61. The Morgan fingerprint density at radius 3 is 2.84 bits per heavy atom. The number of aromatic nitrogens is 3. The van der Waals surface area contributed by atoms with Crippen LogP contribution in [0.5, 0.6) is 0 Å². The second-order valence-electron chi connectivity index (χ2n) is 6.63. The lowest BCUT2D eigenvalue weighted by molar-refractivity contribution is 0.200. The van der Waals surface area contributed by atoms with E-state index < -0.39 is 0 Å². The number of benzene rings is 1. The molecule has 0 bridgehead atoms. The van der Waals surface area contributed by atoms with Crippen LogP contribution in [0.25, 0.3) is 11.3 Å². The smallest absolute Gasteiger partial charge is 0.209 e. The van der Waals surface area contributed by atoms with Crippen molar-refractivity contribution in [3.8, 4) is 11.3 Å². The van der Waals surface area contributed by atoms with Crippen LogP contribution in [-0.4, -0.2) is 32.3 Å². The van der Waals surface area contributed by atoms with Crippen molar-refractivity contribution < 1.29 is 8.81 Å². The molecule has 0 amide bonds. The first-order chi connectivity index (χ1) is 12.2. The van der Waals surface area contributed by atoms with Crippen molar-refractivity contribution >= 4 is 0 Å². The lowest BCUT2D eigenvalue weighted by Crippen LogP contribution is -2.32. The summed E-state index contributed by atoms with van der Waals surface area (Å²) < 4.78 is 20.9. The van der Waals surface area contributed by atoms with Crippen LogP contribution >= 0.6 is 0 Å². The molecule has 3 aromatic rings. The second kappa shape index (κ2) is 6.80. The third-order valence-corrected chi connectivity index (χ3v) is 4.68. The van der Waals surface area contributed by atoms with Gasteiger partial charge in [0.2, 0.25) is 5.89 Å². The molecule has 6 heteroatoms. The minimum Gasteiger partial charge on any atom is -0.439 e. The van der Waals surface area contributed by atoms with Crippen molar-refractivity contribution in [1.82, 2.24) is 19.7 Å². The Morgan fingerprint density at radius 2 is 2.08 bits per heavy atom. The molecule has 4 rings (SSSR count). The number of rotatable bonds is 5. The van der Waals surface area contributed by atoms with Gasteiger partial charge in [-0.25, -0.2) is 9.37 Å². The standard InChI is InChI=1S/C19H21FN4O/c1-14-9-22-24(11-14)12-17-3-2-8-23(17)13-19-21-10-18(25-19)15-4-6-16(20)7-5-15/h4-7,9-11,17H,2-3,8,12-13H2,1H3/t17-/m0/s1. The van der Waals surface area contributed by atoms with Gasteiger partial charge in [-0.2, -0.15) is 5.10 Å². The predicted molar refractivity (Wildman–Crippen MR) is 92.3 cm³/mol. The largest absolute Gasteiger partial charge is 0.439 e. The molecule has 130 valence electrons. The maximum atomic E-state index is 13.0. The Hall–Kier alpha value is -2.47. The van der Waals surface area contributed by atoms with E-state index in [4.69, 9.17) is 4.42 Å². The third-order valence-electron chi connectivity index (χ3n) is 4.68. The molecule has 1 atom stereocenters. The summed E-state index contributed by atoms with van der Waals surface area (Å²) in [7, 11) is 0. The molecule has 1 aliphatic rings. The number of aryl methyl sites for hydroxylation is 1. The number of likely N-dealkylation sites (tertiary alicyclic amines) is 1. The third kappa shape index (κ3) is 3.64. The van der Waals surface area contributed by atoms with Crippen LogP contribution < -0.4 is 0 Å². The van der Waals surface area contributed by atoms with E-state index in [1.165, 1.54) is 24.1 Å². The van der Waals surface area contributed by atoms with Crippen molar-refractivity contribution in [3.63, 3.8) is 0 Å². The summed E-state index contributed by atoms with van der Waals surface area (Å²) in [5, 5.41) is 4.39. The fourth-order valence-corrected chi connectivity index (χ4v) is 3.40. The molecular weight excluding hydrogens is 319 g/mol. The normalized spacial score (nSPS) is 18.1. The van der Waals surface area contributed by atoms with E-state index in [1.807, 2.05) is 10.9 Å². The minimum atomic E-state index is -0.253. The quantitative estimate of drug-likeness (QED) is 0.711. The van der Waals surface area contributed by atoms with Gasteiger partial charge >= 0.3 is 0 Å². The van der Waals surface area contributed by atoms with Crippen molar-refractivity contribution in [2.75, 3.05) is 6.54 Å². The van der Waals surface area contributed by atoms with E-state index in [1.54, 1.807) is 18.3 Å². The number of halogens is 1. The summed E-state index contributed by atoms with van der Waals surface area (Å²) in [5.74, 6) is 1.12. The van der Waals surface area contributed by atoms with E-state index in [9.17, 15) is 4.39 Å². The first-order valence-electron chi connectivity index (χ1n) is 8.61. The molecule has 5 nitrogen and oxygen atoms in total. The minimum absolute atomic E-state index is 0.253. The summed E-state index contributed by atoms with van der Waals surface area (Å²) in [5.41, 5.74) is 2.02. The van der Waals surface area contributed by atoms with Gasteiger partial charge in [-0.05, 0) is 56.1 Å². The summed E-state index contributed by atoms with van der Waals surface area (Å²) >= 11 is 0. The van der Waals surface area contributed by atoms with Gasteiger partial charge in [0, 0.05) is 17.8 Å². The van der Waals surface area contributed by atoms with Gasteiger partial charge in [0.25, 0.3) is 0 Å². The van der Waals surface area contributed by atoms with Gasteiger partial charge in [0.1, 0.15) is 5.82 Å². The first kappa shape index (κ1) is 16.0. The van der Waals surface area contributed by atoms with Gasteiger partial charge in [0.05, 0.1) is 25.5 Å². The molecular formula is C19H21FN4O. The van der Waals surface area contributed by atoms with Gasteiger partial charge in [-0.15, -0.1) is 0 Å². The van der Waals surface area contributed by atoms with Crippen molar-refractivity contribution in [2.24, 2.45) is 0 Å². The van der Waals surface area contributed by atoms with E-state index in [0.29, 0.717) is 24.2 Å². The Balaban J connectivity index is 1.43. The summed E-state index contributed by atoms with van der Waals surface area (Å²) in [6, 6.07) is 6.72. The maximum Gasteiger partial charge on any atom is 0.209 e. The summed E-state index contributed by atoms with van der Waals surface area (Å²) in [4.78, 5) is 6.80. The zero-order valence-electron chi connectivity index (χ0n) is 14.2. The number of hydrogen-bond acceptors (Lipinski definition) is 4. The molecule has 1 aromatic carbocycles. The van der Waals surface area contributed by atoms with Crippen LogP contribution in [0.2, 0.25) is 0 Å². The second-order valence-corrected chi connectivity index (χ2v) is 6.63. The molecule has 3 heterocycles. The average molecular weight is 340 g/mol. The van der Waals surface area contributed by atoms with Gasteiger partial charge < -0.3 is 4.42 Å². The fraction of sp³-hybridized carbons (Fsp3) is 0.368. The maximum absolute atomic E-state index is 13.0. The van der Waals surface area contributed by atoms with Gasteiger partial charge in [0.15, 0.2) is 5.76 Å². The van der Waals surface area contributed by atoms with Crippen LogP contribution in [0.4, 0.5) is 4.39 Å². The van der Waals surface area contributed by atoms with Crippen molar-refractivity contribution in [1.29, 1.82) is 0 Å². The van der Waals surface area contributed by atoms with E-state index in [2.05, 4.69) is 28.1 Å². The Bertz CT molecular complexity index is 839. The highest BCUT2D eigenvalue weighted by atomic mass is 19.1. The van der Waals surface area contributed by atoms with Crippen LogP contribution in [0, 0.1) is 12.7 Å². The highest BCUT2D eigenvalue weighted by Gasteiger charge is 2.26. The SMILES string of the molecule is Cc1cnn(C[C@@H]2CCCN2Cc2ncc(-c3ccc(F)cc3)o2)c1. The van der Waals surface area contributed by atoms with E-state index in [-0.39, 0.29) is 5.82 Å². The van der Waals surface area contributed by atoms with Crippen LogP contribution in [-0.2, 0) is 13.1 Å². The topological polar surface area (TPSA) is 47.1 Å². The molecule has 0 N–H and O–H groups in total. The lowest BCUT2D eigenvalue weighted by atomic mass is 10.2. The van der Waals surface area contributed by atoms with Crippen LogP contribution in [0.3, 0.4) is 0 Å². The number of hydrogen-bond donors (Lipinski definition) is 0. The number of oxazole rings is 1. The highest BCUT2D eigenvalue weighted by Crippen LogP contribution is 2.24. The predicted octanol–water partition coefficient (Wildman–Crippen LogP) is 3.65. The Morgan fingerprint density at radius 1 is 1.24 bits per heavy atom.